The molecule has 0 radical (unpaired) electrons. The van der Waals surface area contributed by atoms with Crippen LogP contribution in [0.4, 0.5) is 0 Å². The Kier molecular flexibility index (Phi) is 4.99. The highest BCUT2D eigenvalue weighted by Gasteiger charge is 2.32. The summed E-state index contributed by atoms with van der Waals surface area (Å²) in [5.74, 6) is -1.39. The number of nitrogens with zero attached hydrogens (tertiary/aromatic N) is 2. The van der Waals surface area contributed by atoms with Crippen LogP contribution >= 0.6 is 0 Å². The monoisotopic (exact) mass is 308 g/mol. The predicted octanol–water partition coefficient (Wildman–Crippen LogP) is 2.95. The Morgan fingerprint density at radius 1 is 0.773 bits per heavy atom. The number of rotatable bonds is 2. The van der Waals surface area contributed by atoms with Crippen molar-refractivity contribution in [1.82, 2.24) is 10.1 Å². The summed E-state index contributed by atoms with van der Waals surface area (Å²) in [6, 6.07) is 6.08. The Labute approximate surface area is 130 Å². The molecule has 0 bridgehead atoms. The molecule has 0 aromatic heterocycles. The first-order valence-corrected chi connectivity index (χ1v) is 7.03. The van der Waals surface area contributed by atoms with Gasteiger partial charge in [-0.05, 0) is 53.7 Å². The van der Waals surface area contributed by atoms with Crippen LogP contribution in [0.1, 0.15) is 62.3 Å². The van der Waals surface area contributed by atoms with E-state index in [9.17, 15) is 20.0 Å². The molecule has 1 aromatic rings. The van der Waals surface area contributed by atoms with Crippen LogP contribution in [-0.2, 0) is 0 Å². The number of hydrogen-bond donors (Lipinski definition) is 2. The summed E-state index contributed by atoms with van der Waals surface area (Å²) in [5, 5.41) is 21.2. The summed E-state index contributed by atoms with van der Waals surface area (Å²) in [5.41, 5.74) is -1.55. The highest BCUT2D eigenvalue weighted by atomic mass is 16.5. The summed E-state index contributed by atoms with van der Waals surface area (Å²) in [7, 11) is 0. The van der Waals surface area contributed by atoms with E-state index in [-0.39, 0.29) is 11.1 Å². The molecule has 0 saturated carbocycles. The molecule has 1 rings (SSSR count). The van der Waals surface area contributed by atoms with E-state index in [2.05, 4.69) is 0 Å². The van der Waals surface area contributed by atoms with Crippen LogP contribution in [0.3, 0.4) is 0 Å². The molecule has 122 valence electrons. The number of hydrogen-bond acceptors (Lipinski definition) is 4. The molecule has 0 atom stereocenters. The van der Waals surface area contributed by atoms with Gasteiger partial charge in [0.15, 0.2) is 0 Å². The van der Waals surface area contributed by atoms with Crippen molar-refractivity contribution >= 4 is 11.8 Å². The maximum Gasteiger partial charge on any atom is 0.278 e. The molecule has 0 aliphatic heterocycles. The van der Waals surface area contributed by atoms with Gasteiger partial charge < -0.3 is 0 Å². The lowest BCUT2D eigenvalue weighted by Gasteiger charge is -2.31. The third-order valence-corrected chi connectivity index (χ3v) is 3.04. The molecule has 1 aromatic carbocycles. The fourth-order valence-electron chi connectivity index (χ4n) is 1.69. The van der Waals surface area contributed by atoms with Crippen LogP contribution in [0.5, 0.6) is 0 Å². The predicted molar refractivity (Wildman–Crippen MR) is 81.9 cm³/mol. The molecule has 0 aliphatic rings. The standard InChI is InChI=1S/C16H24N2O4/c1-15(2,3)17(21)13(19)11-9-7-8-10-12(11)14(20)18(22)16(4,5)6/h7-10,21-22H,1-6H3. The van der Waals surface area contributed by atoms with Crippen molar-refractivity contribution in [2.75, 3.05) is 0 Å². The Balaban J connectivity index is 3.26. The number of benzene rings is 1. The normalized spacial score (nSPS) is 12.0. The SMILES string of the molecule is CC(C)(C)N(O)C(=O)c1ccccc1C(=O)N(O)C(C)(C)C. The maximum absolute atomic E-state index is 12.4. The molecular weight excluding hydrogens is 284 g/mol. The van der Waals surface area contributed by atoms with E-state index in [0.717, 1.165) is 0 Å². The van der Waals surface area contributed by atoms with Gasteiger partial charge in [0.05, 0.1) is 22.2 Å². The smallest absolute Gasteiger partial charge is 0.278 e. The fraction of sp³-hybridized carbons (Fsp3) is 0.500. The lowest BCUT2D eigenvalue weighted by molar-refractivity contribution is -0.117. The largest absolute Gasteiger partial charge is 0.285 e. The Morgan fingerprint density at radius 2 is 1.05 bits per heavy atom. The quantitative estimate of drug-likeness (QED) is 0.650. The van der Waals surface area contributed by atoms with Gasteiger partial charge in [0.1, 0.15) is 0 Å². The van der Waals surface area contributed by atoms with E-state index >= 15 is 0 Å². The van der Waals surface area contributed by atoms with Crippen molar-refractivity contribution in [3.8, 4) is 0 Å². The number of hydroxylamine groups is 4. The van der Waals surface area contributed by atoms with Crippen molar-refractivity contribution in [2.24, 2.45) is 0 Å². The maximum atomic E-state index is 12.4. The van der Waals surface area contributed by atoms with Gasteiger partial charge in [-0.25, -0.2) is 10.1 Å². The molecule has 2 amide bonds. The average Bonchev–Trinajstić information content (AvgIpc) is 2.42. The second-order valence-electron chi connectivity index (χ2n) is 7.12. The zero-order valence-electron chi connectivity index (χ0n) is 13.9. The highest BCUT2D eigenvalue weighted by Crippen LogP contribution is 2.21. The molecular formula is C16H24N2O4. The molecule has 0 fully saturated rings. The Bertz CT molecular complexity index is 519. The summed E-state index contributed by atoms with van der Waals surface area (Å²) in [6.07, 6.45) is 0. The summed E-state index contributed by atoms with van der Waals surface area (Å²) < 4.78 is 0. The third kappa shape index (κ3) is 3.84. The second-order valence-corrected chi connectivity index (χ2v) is 7.12. The van der Waals surface area contributed by atoms with Gasteiger partial charge >= 0.3 is 0 Å². The summed E-state index contributed by atoms with van der Waals surface area (Å²) >= 11 is 0. The number of amides is 2. The van der Waals surface area contributed by atoms with Gasteiger partial charge in [-0.1, -0.05) is 12.1 Å². The lowest BCUT2D eigenvalue weighted by Crippen LogP contribution is -2.45. The number of carbonyl (C=O) groups is 2. The minimum atomic E-state index is -0.809. The molecule has 6 heteroatoms. The van der Waals surface area contributed by atoms with Crippen LogP contribution in [-0.4, -0.2) is 43.4 Å². The Morgan fingerprint density at radius 3 is 1.27 bits per heavy atom. The molecule has 0 aliphatic carbocycles. The molecule has 0 unspecified atom stereocenters. The first-order chi connectivity index (χ1) is 9.87. The highest BCUT2D eigenvalue weighted by molar-refractivity contribution is 6.06. The molecule has 2 N–H and O–H groups in total. The van der Waals surface area contributed by atoms with Crippen molar-refractivity contribution in [3.63, 3.8) is 0 Å². The molecule has 22 heavy (non-hydrogen) atoms. The van der Waals surface area contributed by atoms with E-state index in [0.29, 0.717) is 10.1 Å². The van der Waals surface area contributed by atoms with E-state index in [4.69, 9.17) is 0 Å². The van der Waals surface area contributed by atoms with E-state index < -0.39 is 22.9 Å². The zero-order chi connectivity index (χ0) is 17.3. The van der Waals surface area contributed by atoms with Gasteiger partial charge in [-0.3, -0.25) is 20.0 Å². The number of carbonyl (C=O) groups excluding carboxylic acids is 2. The van der Waals surface area contributed by atoms with Crippen molar-refractivity contribution in [1.29, 1.82) is 0 Å². The minimum absolute atomic E-state index is 0.0354. The molecule has 6 nitrogen and oxygen atoms in total. The van der Waals surface area contributed by atoms with Crippen LogP contribution in [0.25, 0.3) is 0 Å². The van der Waals surface area contributed by atoms with Gasteiger partial charge in [-0.2, -0.15) is 0 Å². The van der Waals surface area contributed by atoms with Gasteiger partial charge in [0.25, 0.3) is 11.8 Å². The first kappa shape index (κ1) is 18.1. The topological polar surface area (TPSA) is 81.1 Å². The molecule has 0 spiro atoms. The summed E-state index contributed by atoms with van der Waals surface area (Å²) in [4.78, 5) is 24.8. The Hall–Kier alpha value is -1.92. The third-order valence-electron chi connectivity index (χ3n) is 3.04. The van der Waals surface area contributed by atoms with E-state index in [1.54, 1.807) is 53.7 Å². The van der Waals surface area contributed by atoms with Crippen LogP contribution in [0, 0.1) is 0 Å². The lowest BCUT2D eigenvalue weighted by atomic mass is 10.0. The van der Waals surface area contributed by atoms with Gasteiger partial charge in [-0.15, -0.1) is 0 Å². The van der Waals surface area contributed by atoms with Crippen molar-refractivity contribution < 1.29 is 20.0 Å². The van der Waals surface area contributed by atoms with Crippen molar-refractivity contribution in [2.45, 2.75) is 52.6 Å². The minimum Gasteiger partial charge on any atom is -0.285 e. The van der Waals surface area contributed by atoms with Gasteiger partial charge in [0, 0.05) is 0 Å². The van der Waals surface area contributed by atoms with Crippen LogP contribution in [0.2, 0.25) is 0 Å². The van der Waals surface area contributed by atoms with Crippen molar-refractivity contribution in [3.05, 3.63) is 35.4 Å². The van der Waals surface area contributed by atoms with Crippen LogP contribution in [0.15, 0.2) is 24.3 Å². The van der Waals surface area contributed by atoms with E-state index in [1.165, 1.54) is 12.1 Å². The first-order valence-electron chi connectivity index (χ1n) is 7.03. The van der Waals surface area contributed by atoms with E-state index in [1.807, 2.05) is 0 Å². The zero-order valence-corrected chi connectivity index (χ0v) is 13.9. The fourth-order valence-corrected chi connectivity index (χ4v) is 1.69. The van der Waals surface area contributed by atoms with Crippen LogP contribution < -0.4 is 0 Å². The van der Waals surface area contributed by atoms with Gasteiger partial charge in [0.2, 0.25) is 0 Å². The molecule has 0 heterocycles. The second kappa shape index (κ2) is 6.06. The average molecular weight is 308 g/mol. The molecule has 0 saturated heterocycles. The summed E-state index contributed by atoms with van der Waals surface area (Å²) in [6.45, 7) is 10.0.